The van der Waals surface area contributed by atoms with Gasteiger partial charge in [-0.15, -0.1) is 0 Å². The molecule has 2 unspecified atom stereocenters. The maximum Gasteiger partial charge on any atom is 0.115 e. The Kier molecular flexibility index (Phi) is 3.59. The second kappa shape index (κ2) is 5.55. The minimum Gasteiger partial charge on any atom is -0.508 e. The van der Waals surface area contributed by atoms with Crippen molar-refractivity contribution in [2.75, 3.05) is 0 Å². The van der Waals surface area contributed by atoms with Gasteiger partial charge in [0.25, 0.3) is 0 Å². The summed E-state index contributed by atoms with van der Waals surface area (Å²) in [6.45, 7) is 7.32. The molecule has 0 aliphatic heterocycles. The molecule has 0 radical (unpaired) electrons. The molecule has 0 spiro atoms. The highest BCUT2D eigenvalue weighted by atomic mass is 16.3. The number of phenolic OH excluding ortho intramolecular Hbond substituents is 2. The van der Waals surface area contributed by atoms with Crippen LogP contribution in [-0.4, -0.2) is 10.2 Å². The van der Waals surface area contributed by atoms with E-state index in [-0.39, 0.29) is 16.2 Å². The minimum atomic E-state index is 0.193. The molecule has 2 aromatic carbocycles. The SMILES string of the molecule is CC(C)(C)C12CC3CC(c4ccc(O)cc4)(CC(c4ccc(O)cc4)(C3)C1)C2. The lowest BCUT2D eigenvalue weighted by Gasteiger charge is -2.70. The molecule has 4 aliphatic carbocycles. The molecule has 2 N–H and O–H groups in total. The molecule has 0 saturated heterocycles. The quantitative estimate of drug-likeness (QED) is 0.645. The minimum absolute atomic E-state index is 0.193. The van der Waals surface area contributed by atoms with Crippen LogP contribution in [0.1, 0.15) is 70.4 Å². The fraction of sp³-hybridized carbons (Fsp3) is 0.538. The molecule has 2 aromatic rings. The number of hydrogen-bond donors (Lipinski definition) is 2. The molecule has 4 fully saturated rings. The van der Waals surface area contributed by atoms with Crippen LogP contribution in [0.4, 0.5) is 0 Å². The normalized spacial score (nSPS) is 36.6. The van der Waals surface area contributed by atoms with Crippen LogP contribution < -0.4 is 0 Å². The summed E-state index contributed by atoms with van der Waals surface area (Å²) in [5.74, 6) is 1.46. The van der Waals surface area contributed by atoms with Crippen molar-refractivity contribution in [3.05, 3.63) is 59.7 Å². The first-order valence-electron chi connectivity index (χ1n) is 10.7. The number of benzene rings is 2. The zero-order valence-electron chi connectivity index (χ0n) is 17.3. The van der Waals surface area contributed by atoms with E-state index in [0.29, 0.717) is 16.9 Å². The third-order valence-electron chi connectivity index (χ3n) is 8.62. The highest BCUT2D eigenvalue weighted by Gasteiger charge is 2.66. The number of phenols is 2. The van der Waals surface area contributed by atoms with Crippen molar-refractivity contribution in [3.8, 4) is 11.5 Å². The molecule has 0 amide bonds. The molecule has 4 saturated carbocycles. The summed E-state index contributed by atoms with van der Waals surface area (Å²) in [6, 6.07) is 16.1. The van der Waals surface area contributed by atoms with Crippen molar-refractivity contribution in [1.29, 1.82) is 0 Å². The number of aromatic hydroxyl groups is 2. The molecule has 0 aromatic heterocycles. The number of hydrogen-bond acceptors (Lipinski definition) is 2. The maximum absolute atomic E-state index is 9.85. The Labute approximate surface area is 168 Å². The summed E-state index contributed by atoms with van der Waals surface area (Å²) in [5.41, 5.74) is 3.80. The van der Waals surface area contributed by atoms with Gasteiger partial charge in [0.15, 0.2) is 0 Å². The van der Waals surface area contributed by atoms with Crippen molar-refractivity contribution in [2.45, 2.75) is 70.1 Å². The van der Waals surface area contributed by atoms with E-state index in [2.05, 4.69) is 45.0 Å². The summed E-state index contributed by atoms with van der Waals surface area (Å²) in [5, 5.41) is 19.7. The Hall–Kier alpha value is -1.96. The van der Waals surface area contributed by atoms with Crippen LogP contribution in [0.15, 0.2) is 48.5 Å². The molecule has 148 valence electrons. The van der Waals surface area contributed by atoms with E-state index in [1.807, 2.05) is 24.3 Å². The van der Waals surface area contributed by atoms with E-state index in [4.69, 9.17) is 0 Å². The zero-order valence-corrected chi connectivity index (χ0v) is 17.3. The molecule has 2 nitrogen and oxygen atoms in total. The van der Waals surface area contributed by atoms with Crippen LogP contribution in [0, 0.1) is 16.7 Å². The van der Waals surface area contributed by atoms with E-state index in [1.54, 1.807) is 0 Å². The highest BCUT2D eigenvalue weighted by molar-refractivity contribution is 5.41. The average Bonchev–Trinajstić information content (AvgIpc) is 2.60. The summed E-state index contributed by atoms with van der Waals surface area (Å²) in [7, 11) is 0. The molecule has 28 heavy (non-hydrogen) atoms. The Bertz CT molecular complexity index is 826. The van der Waals surface area contributed by atoms with Gasteiger partial charge in [-0.25, -0.2) is 0 Å². The van der Waals surface area contributed by atoms with Crippen molar-refractivity contribution in [1.82, 2.24) is 0 Å². The molecule has 6 rings (SSSR count). The van der Waals surface area contributed by atoms with Crippen LogP contribution in [0.2, 0.25) is 0 Å². The van der Waals surface area contributed by atoms with Crippen LogP contribution in [0.5, 0.6) is 11.5 Å². The smallest absolute Gasteiger partial charge is 0.115 e. The van der Waals surface area contributed by atoms with Crippen LogP contribution in [0.3, 0.4) is 0 Å². The second-order valence-corrected chi connectivity index (χ2v) is 11.2. The van der Waals surface area contributed by atoms with Gasteiger partial charge in [-0.3, -0.25) is 0 Å². The van der Waals surface area contributed by atoms with E-state index in [0.717, 1.165) is 5.92 Å². The lowest BCUT2D eigenvalue weighted by Crippen LogP contribution is -2.63. The van der Waals surface area contributed by atoms with Gasteiger partial charge in [-0.05, 0) is 101 Å². The van der Waals surface area contributed by atoms with Gasteiger partial charge in [-0.1, -0.05) is 45.0 Å². The van der Waals surface area contributed by atoms with E-state index in [9.17, 15) is 10.2 Å². The van der Waals surface area contributed by atoms with Gasteiger partial charge in [0, 0.05) is 0 Å². The van der Waals surface area contributed by atoms with Crippen LogP contribution in [-0.2, 0) is 10.8 Å². The van der Waals surface area contributed by atoms with Gasteiger partial charge < -0.3 is 10.2 Å². The van der Waals surface area contributed by atoms with E-state index in [1.165, 1.54) is 49.7 Å². The fourth-order valence-corrected chi connectivity index (χ4v) is 7.55. The Morgan fingerprint density at radius 2 is 1.11 bits per heavy atom. The van der Waals surface area contributed by atoms with Crippen molar-refractivity contribution in [3.63, 3.8) is 0 Å². The molecule has 2 atom stereocenters. The van der Waals surface area contributed by atoms with Gasteiger partial charge in [0.2, 0.25) is 0 Å². The molecular weight excluding hydrogens is 344 g/mol. The standard InChI is InChI=1S/C26H32O2/c1-23(2,3)26-14-18-12-24(16-26,19-4-8-21(27)9-5-19)15-25(13-18,17-26)20-6-10-22(28)11-7-20/h4-11,18,27-28H,12-17H2,1-3H3. The van der Waals surface area contributed by atoms with Gasteiger partial charge in [-0.2, -0.15) is 0 Å². The second-order valence-electron chi connectivity index (χ2n) is 11.2. The molecular formula is C26H32O2. The van der Waals surface area contributed by atoms with Crippen LogP contribution in [0.25, 0.3) is 0 Å². The van der Waals surface area contributed by atoms with Crippen molar-refractivity contribution in [2.24, 2.45) is 16.7 Å². The Morgan fingerprint density at radius 1 is 0.679 bits per heavy atom. The van der Waals surface area contributed by atoms with Crippen molar-refractivity contribution >= 4 is 0 Å². The predicted molar refractivity (Wildman–Crippen MR) is 113 cm³/mol. The van der Waals surface area contributed by atoms with Crippen LogP contribution >= 0.6 is 0 Å². The van der Waals surface area contributed by atoms with Gasteiger partial charge in [0.05, 0.1) is 0 Å². The lowest BCUT2D eigenvalue weighted by molar-refractivity contribution is -0.141. The predicted octanol–water partition coefficient (Wildman–Crippen LogP) is 6.30. The van der Waals surface area contributed by atoms with Gasteiger partial charge in [0.1, 0.15) is 11.5 Å². The van der Waals surface area contributed by atoms with Gasteiger partial charge >= 0.3 is 0 Å². The Balaban J connectivity index is 1.68. The fourth-order valence-electron chi connectivity index (χ4n) is 7.55. The zero-order chi connectivity index (χ0) is 19.8. The third-order valence-corrected chi connectivity index (χ3v) is 8.62. The Morgan fingerprint density at radius 3 is 1.50 bits per heavy atom. The number of rotatable bonds is 2. The third kappa shape index (κ3) is 2.46. The van der Waals surface area contributed by atoms with Crippen molar-refractivity contribution < 1.29 is 10.2 Å². The summed E-state index contributed by atoms with van der Waals surface area (Å²) in [6.07, 6.45) is 7.58. The molecule has 4 aliphatic rings. The summed E-state index contributed by atoms with van der Waals surface area (Å²) in [4.78, 5) is 0. The molecule has 2 heteroatoms. The maximum atomic E-state index is 9.85. The highest BCUT2D eigenvalue weighted by Crippen LogP contribution is 2.74. The molecule has 0 heterocycles. The first-order chi connectivity index (χ1) is 13.2. The van der Waals surface area contributed by atoms with E-state index < -0.39 is 0 Å². The summed E-state index contributed by atoms with van der Waals surface area (Å²) < 4.78 is 0. The topological polar surface area (TPSA) is 40.5 Å². The monoisotopic (exact) mass is 376 g/mol. The van der Waals surface area contributed by atoms with E-state index >= 15 is 0 Å². The first kappa shape index (κ1) is 18.1. The average molecular weight is 377 g/mol. The molecule has 4 bridgehead atoms. The lowest BCUT2D eigenvalue weighted by atomic mass is 9.34. The first-order valence-corrected chi connectivity index (χ1v) is 10.7. The largest absolute Gasteiger partial charge is 0.508 e. The summed E-state index contributed by atoms with van der Waals surface area (Å²) >= 11 is 0.